The maximum atomic E-state index is 14.6. The van der Waals surface area contributed by atoms with Gasteiger partial charge in [-0.1, -0.05) is 32.5 Å². The van der Waals surface area contributed by atoms with E-state index in [1.54, 1.807) is 45.0 Å². The summed E-state index contributed by atoms with van der Waals surface area (Å²) >= 11 is 3.26. The largest absolute Gasteiger partial charge is 0.481 e. The van der Waals surface area contributed by atoms with Crippen LogP contribution in [0.4, 0.5) is 10.2 Å². The average molecular weight is 483 g/mol. The molecule has 0 radical (unpaired) electrons. The third-order valence-corrected chi connectivity index (χ3v) is 4.15. The van der Waals surface area contributed by atoms with Crippen molar-refractivity contribution in [2.24, 2.45) is 0 Å². The summed E-state index contributed by atoms with van der Waals surface area (Å²) in [6.45, 7) is 4.10. The Balaban J connectivity index is 2.23. The van der Waals surface area contributed by atoms with Crippen molar-refractivity contribution < 1.29 is 28.5 Å². The first kappa shape index (κ1) is 23.3. The van der Waals surface area contributed by atoms with Crippen molar-refractivity contribution in [2.45, 2.75) is 32.9 Å². The zero-order valence-corrected chi connectivity index (χ0v) is 18.1. The molecule has 10 heteroatoms. The molecule has 0 spiro atoms. The van der Waals surface area contributed by atoms with Gasteiger partial charge in [0, 0.05) is 16.6 Å². The number of carbonyl (C=O) groups is 2. The number of nitro benzene ring substituents is 1. The Kier molecular flexibility index (Phi) is 7.49. The highest BCUT2D eigenvalue weighted by Crippen LogP contribution is 2.27. The summed E-state index contributed by atoms with van der Waals surface area (Å²) in [6.07, 6.45) is 0. The summed E-state index contributed by atoms with van der Waals surface area (Å²) in [6, 6.07) is 9.77. The number of ether oxygens (including phenoxy) is 2. The summed E-state index contributed by atoms with van der Waals surface area (Å²) in [7, 11) is 0. The van der Waals surface area contributed by atoms with Crippen molar-refractivity contribution in [3.05, 3.63) is 68.2 Å². The van der Waals surface area contributed by atoms with E-state index in [0.717, 1.165) is 22.7 Å². The molecule has 0 bridgehead atoms. The molecule has 0 fully saturated rings. The van der Waals surface area contributed by atoms with Gasteiger partial charge in [0.25, 0.3) is 11.6 Å². The van der Waals surface area contributed by atoms with Crippen molar-refractivity contribution in [1.82, 2.24) is 5.12 Å². The summed E-state index contributed by atoms with van der Waals surface area (Å²) in [5, 5.41) is 11.0. The molecule has 2 rings (SSSR count). The summed E-state index contributed by atoms with van der Waals surface area (Å²) in [4.78, 5) is 34.8. The molecule has 0 unspecified atom stereocenters. The van der Waals surface area contributed by atoms with Gasteiger partial charge < -0.3 is 9.47 Å². The van der Waals surface area contributed by atoms with Gasteiger partial charge in [-0.25, -0.2) is 4.79 Å². The zero-order chi connectivity index (χ0) is 22.5. The van der Waals surface area contributed by atoms with Crippen molar-refractivity contribution in [3.8, 4) is 5.75 Å². The number of benzene rings is 2. The predicted octanol–water partition coefficient (Wildman–Crippen LogP) is 4.60. The lowest BCUT2D eigenvalue weighted by molar-refractivity contribution is -0.384. The van der Waals surface area contributed by atoms with E-state index < -0.39 is 34.7 Å². The van der Waals surface area contributed by atoms with E-state index >= 15 is 0 Å². The van der Waals surface area contributed by atoms with Crippen LogP contribution in [-0.2, 0) is 16.1 Å². The number of non-ortho nitro benzene ring substituents is 1. The Labute approximate surface area is 180 Å². The van der Waals surface area contributed by atoms with E-state index in [1.165, 1.54) is 0 Å². The van der Waals surface area contributed by atoms with Gasteiger partial charge in [-0.15, -0.1) is 0 Å². The molecule has 0 aliphatic heterocycles. The van der Waals surface area contributed by atoms with Gasteiger partial charge in [-0.2, -0.15) is 5.12 Å². The highest BCUT2D eigenvalue weighted by Gasteiger charge is 2.24. The number of amides is 1. The predicted molar refractivity (Wildman–Crippen MR) is 110 cm³/mol. The molecule has 2 aromatic carbocycles. The number of esters is 1. The van der Waals surface area contributed by atoms with Crippen LogP contribution in [-0.4, -0.2) is 34.1 Å². The molecule has 0 aliphatic carbocycles. The van der Waals surface area contributed by atoms with E-state index in [9.17, 15) is 24.2 Å². The summed E-state index contributed by atoms with van der Waals surface area (Å²) < 4.78 is 25.8. The molecule has 8 nitrogen and oxygen atoms in total. The van der Waals surface area contributed by atoms with E-state index in [4.69, 9.17) is 9.47 Å². The van der Waals surface area contributed by atoms with Crippen LogP contribution in [0.25, 0.3) is 0 Å². The molecule has 0 saturated heterocycles. The van der Waals surface area contributed by atoms with Crippen LogP contribution in [0.15, 0.2) is 46.9 Å². The number of halogens is 2. The van der Waals surface area contributed by atoms with Crippen molar-refractivity contribution in [3.63, 3.8) is 0 Å². The van der Waals surface area contributed by atoms with Crippen LogP contribution in [0.5, 0.6) is 5.75 Å². The van der Waals surface area contributed by atoms with Crippen LogP contribution in [0.1, 0.15) is 36.7 Å². The maximum Gasteiger partial charge on any atom is 0.344 e. The van der Waals surface area contributed by atoms with Crippen molar-refractivity contribution >= 4 is 33.5 Å². The Morgan fingerprint density at radius 1 is 1.17 bits per heavy atom. The first-order valence-corrected chi connectivity index (χ1v) is 9.61. The van der Waals surface area contributed by atoms with Gasteiger partial charge in [0.05, 0.1) is 17.0 Å². The van der Waals surface area contributed by atoms with Crippen LogP contribution in [0, 0.1) is 10.1 Å². The van der Waals surface area contributed by atoms with Gasteiger partial charge in [0.2, 0.25) is 0 Å². The van der Waals surface area contributed by atoms with Crippen LogP contribution in [0.2, 0.25) is 0 Å². The number of nitro groups is 1. The fraction of sp³-hybridized carbons (Fsp3) is 0.300. The van der Waals surface area contributed by atoms with E-state index in [-0.39, 0.29) is 23.0 Å². The normalized spacial score (nSPS) is 11.0. The smallest absolute Gasteiger partial charge is 0.344 e. The van der Waals surface area contributed by atoms with Gasteiger partial charge in [0.1, 0.15) is 11.4 Å². The molecular weight excluding hydrogens is 463 g/mol. The Morgan fingerprint density at radius 2 is 1.80 bits per heavy atom. The lowest BCUT2D eigenvalue weighted by Crippen LogP contribution is -2.28. The molecule has 0 heterocycles. The molecule has 2 aromatic rings. The Bertz CT molecular complexity index is 943. The molecule has 30 heavy (non-hydrogen) atoms. The number of hydrogen-bond donors (Lipinski definition) is 0. The van der Waals surface area contributed by atoms with Gasteiger partial charge in [0.15, 0.2) is 6.61 Å². The SMILES string of the molecule is CC(C)(C)OC(=O)COc1ccc([N+](=O)[O-])cc1C(=O)N(F)Cc1ccc(Br)cc1. The van der Waals surface area contributed by atoms with Crippen LogP contribution < -0.4 is 4.74 Å². The highest BCUT2D eigenvalue weighted by atomic mass is 79.9. The van der Waals surface area contributed by atoms with Crippen LogP contribution in [0.3, 0.4) is 0 Å². The first-order chi connectivity index (χ1) is 14.0. The lowest BCUT2D eigenvalue weighted by Gasteiger charge is -2.20. The molecule has 0 N–H and O–H groups in total. The maximum absolute atomic E-state index is 14.6. The number of hydrogen-bond acceptors (Lipinski definition) is 6. The number of nitrogens with zero attached hydrogens (tertiary/aromatic N) is 2. The van der Waals surface area contributed by atoms with E-state index in [0.29, 0.717) is 5.56 Å². The Morgan fingerprint density at radius 3 is 2.37 bits per heavy atom. The standard InChI is InChI=1S/C20H20BrFN2O6/c1-20(2,3)30-18(25)12-29-17-9-8-15(24(27)28)10-16(17)19(26)23(22)11-13-4-6-14(21)7-5-13/h4-10H,11-12H2,1-3H3. The number of carbonyl (C=O) groups excluding carboxylic acids is 2. The molecule has 1 amide bonds. The van der Waals surface area contributed by atoms with E-state index in [1.807, 2.05) is 0 Å². The topological polar surface area (TPSA) is 99.0 Å². The Hall–Kier alpha value is -3.01. The minimum absolute atomic E-state index is 0.0807. The van der Waals surface area contributed by atoms with Gasteiger partial charge >= 0.3 is 5.97 Å². The van der Waals surface area contributed by atoms with E-state index in [2.05, 4.69) is 15.9 Å². The summed E-state index contributed by atoms with van der Waals surface area (Å²) in [5.74, 6) is -2.01. The van der Waals surface area contributed by atoms with Gasteiger partial charge in [-0.05, 0) is 44.5 Å². The fourth-order valence-corrected chi connectivity index (χ4v) is 2.65. The quantitative estimate of drug-likeness (QED) is 0.247. The second kappa shape index (κ2) is 9.66. The average Bonchev–Trinajstić information content (AvgIpc) is 2.66. The van der Waals surface area contributed by atoms with Gasteiger partial charge in [-0.3, -0.25) is 14.9 Å². The third kappa shape index (κ3) is 6.80. The molecule has 0 aliphatic rings. The second-order valence-corrected chi connectivity index (χ2v) is 8.18. The second-order valence-electron chi connectivity index (χ2n) is 7.26. The first-order valence-electron chi connectivity index (χ1n) is 8.81. The zero-order valence-electron chi connectivity index (χ0n) is 16.6. The number of rotatable bonds is 7. The minimum Gasteiger partial charge on any atom is -0.481 e. The minimum atomic E-state index is -1.14. The van der Waals surface area contributed by atoms with Crippen LogP contribution >= 0.6 is 15.9 Å². The molecule has 0 atom stereocenters. The van der Waals surface area contributed by atoms with Crippen molar-refractivity contribution in [2.75, 3.05) is 6.61 Å². The highest BCUT2D eigenvalue weighted by molar-refractivity contribution is 9.10. The third-order valence-electron chi connectivity index (χ3n) is 3.62. The summed E-state index contributed by atoms with van der Waals surface area (Å²) in [5.41, 5.74) is -1.03. The fourth-order valence-electron chi connectivity index (χ4n) is 2.38. The lowest BCUT2D eigenvalue weighted by atomic mass is 10.1. The van der Waals surface area contributed by atoms with Crippen molar-refractivity contribution in [1.29, 1.82) is 0 Å². The molecule has 0 aromatic heterocycles. The monoisotopic (exact) mass is 482 g/mol. The molecular formula is C20H20BrFN2O6. The molecule has 0 saturated carbocycles. The molecule has 160 valence electrons.